The number of carbonyl (C=O) groups excluding carboxylic acids is 1. The third-order valence-corrected chi connectivity index (χ3v) is 5.18. The number of nitrogens with zero attached hydrogens (tertiary/aromatic N) is 3. The molecule has 0 N–H and O–H groups in total. The van der Waals surface area contributed by atoms with Crippen LogP contribution in [0.3, 0.4) is 0 Å². The third kappa shape index (κ3) is 3.31. The van der Waals surface area contributed by atoms with E-state index in [0.29, 0.717) is 48.4 Å². The molecule has 0 radical (unpaired) electrons. The van der Waals surface area contributed by atoms with Crippen molar-refractivity contribution in [3.8, 4) is 17.2 Å². The number of hydrogen-bond acceptors (Lipinski definition) is 6. The summed E-state index contributed by atoms with van der Waals surface area (Å²) < 4.78 is 26.0. The molecule has 0 aliphatic carbocycles. The zero-order valence-corrected chi connectivity index (χ0v) is 16.2. The van der Waals surface area contributed by atoms with Gasteiger partial charge in [0, 0.05) is 24.6 Å². The van der Waals surface area contributed by atoms with Crippen LogP contribution in [0.25, 0.3) is 22.2 Å². The number of carbonyl (C=O) groups is 1. The number of esters is 1. The molecule has 2 heterocycles. The minimum atomic E-state index is -0.523. The number of fused-ring (bicyclic) bond motifs is 1. The van der Waals surface area contributed by atoms with Crippen molar-refractivity contribution in [3.05, 3.63) is 47.3 Å². The number of hydrogen-bond donors (Lipinski definition) is 0. The van der Waals surface area contributed by atoms with Crippen molar-refractivity contribution in [1.82, 2.24) is 4.98 Å². The molecule has 2 aromatic carbocycles. The smallest absolute Gasteiger partial charge is 0.306 e. The van der Waals surface area contributed by atoms with Crippen molar-refractivity contribution in [2.45, 2.75) is 20.3 Å². The molecule has 0 spiro atoms. The van der Waals surface area contributed by atoms with E-state index in [1.807, 2.05) is 23.1 Å². The van der Waals surface area contributed by atoms with Crippen LogP contribution in [-0.2, 0) is 9.53 Å². The first-order valence-electron chi connectivity index (χ1n) is 9.52. The Labute approximate surface area is 167 Å². The second kappa shape index (κ2) is 7.55. The molecule has 0 atom stereocenters. The molecule has 1 fully saturated rings. The maximum Gasteiger partial charge on any atom is 0.306 e. The van der Waals surface area contributed by atoms with Gasteiger partial charge in [0.2, 0.25) is 0 Å². The summed E-state index contributed by atoms with van der Waals surface area (Å²) in [6.45, 7) is 4.99. The average Bonchev–Trinajstić information content (AvgIpc) is 3.11. The van der Waals surface area contributed by atoms with E-state index < -0.39 is 5.82 Å². The fraction of sp³-hybridized carbons (Fsp3) is 0.318. The Morgan fingerprint density at radius 2 is 2.10 bits per heavy atom. The normalized spacial score (nSPS) is 13.9. The summed E-state index contributed by atoms with van der Waals surface area (Å²) in [5.74, 6) is -0.605. The van der Waals surface area contributed by atoms with Gasteiger partial charge >= 0.3 is 5.97 Å². The minimum Gasteiger partial charge on any atom is -0.466 e. The zero-order chi connectivity index (χ0) is 20.5. The lowest BCUT2D eigenvalue weighted by molar-refractivity contribution is -0.144. The number of halogens is 1. The Morgan fingerprint density at radius 1 is 1.38 bits per heavy atom. The first kappa shape index (κ1) is 18.9. The van der Waals surface area contributed by atoms with Gasteiger partial charge in [0.15, 0.2) is 11.4 Å². The van der Waals surface area contributed by atoms with Crippen LogP contribution in [0.5, 0.6) is 0 Å². The number of ether oxygens (including phenoxy) is 1. The van der Waals surface area contributed by atoms with E-state index in [9.17, 15) is 10.1 Å². The third-order valence-electron chi connectivity index (χ3n) is 5.18. The van der Waals surface area contributed by atoms with Gasteiger partial charge < -0.3 is 14.1 Å². The number of rotatable bonds is 5. The molecule has 0 bridgehead atoms. The van der Waals surface area contributed by atoms with E-state index in [-0.39, 0.29) is 29.0 Å². The first-order valence-corrected chi connectivity index (χ1v) is 9.52. The van der Waals surface area contributed by atoms with E-state index in [0.717, 1.165) is 0 Å². The summed E-state index contributed by atoms with van der Waals surface area (Å²) in [6.07, 6.45) is 0.333. The van der Waals surface area contributed by atoms with Crippen molar-refractivity contribution in [3.63, 3.8) is 0 Å². The standard InChI is InChI=1S/C22H20FN3O3/c1-3-28-17(27)9-14-11-26(12-14)22-25-20-16(10-24)13(2)18(19(23)21(20)29-22)15-7-5-4-6-8-15/h4-8,14H,3,9,11-12H2,1-2H3. The van der Waals surface area contributed by atoms with Gasteiger partial charge in [-0.1, -0.05) is 30.3 Å². The molecule has 29 heavy (non-hydrogen) atoms. The molecule has 0 unspecified atom stereocenters. The Morgan fingerprint density at radius 3 is 2.76 bits per heavy atom. The Hall–Kier alpha value is -3.40. The van der Waals surface area contributed by atoms with Gasteiger partial charge in [-0.25, -0.2) is 4.39 Å². The van der Waals surface area contributed by atoms with Crippen LogP contribution in [0.2, 0.25) is 0 Å². The highest BCUT2D eigenvalue weighted by molar-refractivity contribution is 5.90. The van der Waals surface area contributed by atoms with Crippen LogP contribution in [-0.4, -0.2) is 30.6 Å². The summed E-state index contributed by atoms with van der Waals surface area (Å²) in [5.41, 5.74) is 2.07. The van der Waals surface area contributed by atoms with Gasteiger partial charge in [0.05, 0.1) is 18.6 Å². The molecular weight excluding hydrogens is 373 g/mol. The Balaban J connectivity index is 1.68. The Kier molecular flexibility index (Phi) is 4.93. The van der Waals surface area contributed by atoms with Gasteiger partial charge in [-0.15, -0.1) is 0 Å². The molecule has 1 aromatic heterocycles. The average molecular weight is 393 g/mol. The molecule has 4 rings (SSSR count). The maximum absolute atomic E-state index is 15.3. The summed E-state index contributed by atoms with van der Waals surface area (Å²) in [6, 6.07) is 11.5. The molecule has 148 valence electrons. The molecule has 1 saturated heterocycles. The summed E-state index contributed by atoms with van der Waals surface area (Å²) >= 11 is 0. The highest BCUT2D eigenvalue weighted by Crippen LogP contribution is 2.38. The van der Waals surface area contributed by atoms with E-state index in [1.54, 1.807) is 26.0 Å². The lowest BCUT2D eigenvalue weighted by atomic mass is 9.95. The SMILES string of the molecule is CCOC(=O)CC1CN(c2nc3c(C#N)c(C)c(-c4ccccc4)c(F)c3o2)C1. The highest BCUT2D eigenvalue weighted by Gasteiger charge is 2.33. The van der Waals surface area contributed by atoms with Gasteiger partial charge in [0.1, 0.15) is 11.6 Å². The topological polar surface area (TPSA) is 79.4 Å². The van der Waals surface area contributed by atoms with E-state index in [1.165, 1.54) is 0 Å². The fourth-order valence-corrected chi connectivity index (χ4v) is 3.74. The molecule has 0 amide bonds. The molecule has 1 aliphatic heterocycles. The summed E-state index contributed by atoms with van der Waals surface area (Å²) in [7, 11) is 0. The molecule has 1 aliphatic rings. The van der Waals surface area contributed by atoms with E-state index >= 15 is 4.39 Å². The van der Waals surface area contributed by atoms with Crippen molar-refractivity contribution >= 4 is 23.1 Å². The van der Waals surface area contributed by atoms with Gasteiger partial charge in [0.25, 0.3) is 6.01 Å². The molecular formula is C22H20FN3O3. The van der Waals surface area contributed by atoms with Crippen LogP contribution in [0.15, 0.2) is 34.7 Å². The van der Waals surface area contributed by atoms with Crippen LogP contribution < -0.4 is 4.90 Å². The minimum absolute atomic E-state index is 0.0187. The zero-order valence-electron chi connectivity index (χ0n) is 16.2. The summed E-state index contributed by atoms with van der Waals surface area (Å²) in [4.78, 5) is 17.8. The van der Waals surface area contributed by atoms with Crippen molar-refractivity contribution in [2.24, 2.45) is 5.92 Å². The second-order valence-electron chi connectivity index (χ2n) is 7.12. The van der Waals surface area contributed by atoms with E-state index in [4.69, 9.17) is 9.15 Å². The lowest BCUT2D eigenvalue weighted by Crippen LogP contribution is -2.47. The largest absolute Gasteiger partial charge is 0.466 e. The molecule has 0 saturated carbocycles. The van der Waals surface area contributed by atoms with Crippen molar-refractivity contribution in [1.29, 1.82) is 5.26 Å². The van der Waals surface area contributed by atoms with E-state index in [2.05, 4.69) is 11.1 Å². The van der Waals surface area contributed by atoms with Crippen molar-refractivity contribution < 1.29 is 18.3 Å². The van der Waals surface area contributed by atoms with Crippen LogP contribution >= 0.6 is 0 Å². The number of aromatic nitrogens is 1. The predicted octanol–water partition coefficient (Wildman–Crippen LogP) is 4.20. The van der Waals surface area contributed by atoms with Crippen LogP contribution in [0, 0.1) is 30.0 Å². The first-order chi connectivity index (χ1) is 14.0. The summed E-state index contributed by atoms with van der Waals surface area (Å²) in [5, 5.41) is 9.67. The number of oxazole rings is 1. The quantitative estimate of drug-likeness (QED) is 0.605. The Bertz CT molecular complexity index is 1110. The lowest BCUT2D eigenvalue weighted by Gasteiger charge is -2.37. The maximum atomic E-state index is 15.3. The van der Waals surface area contributed by atoms with Gasteiger partial charge in [-0.2, -0.15) is 10.2 Å². The number of benzene rings is 2. The fourth-order valence-electron chi connectivity index (χ4n) is 3.74. The molecule has 6 nitrogen and oxygen atoms in total. The van der Waals surface area contributed by atoms with Crippen molar-refractivity contribution in [2.75, 3.05) is 24.6 Å². The number of nitriles is 1. The second-order valence-corrected chi connectivity index (χ2v) is 7.12. The predicted molar refractivity (Wildman–Crippen MR) is 106 cm³/mol. The monoisotopic (exact) mass is 393 g/mol. The number of anilines is 1. The molecule has 3 aromatic rings. The van der Waals surface area contributed by atoms with Crippen LogP contribution in [0.4, 0.5) is 10.4 Å². The van der Waals surface area contributed by atoms with Gasteiger partial charge in [-0.05, 0) is 25.0 Å². The van der Waals surface area contributed by atoms with Gasteiger partial charge in [-0.3, -0.25) is 4.79 Å². The van der Waals surface area contributed by atoms with Crippen LogP contribution in [0.1, 0.15) is 24.5 Å². The highest BCUT2D eigenvalue weighted by atomic mass is 19.1. The molecule has 7 heteroatoms.